The van der Waals surface area contributed by atoms with Crippen LogP contribution in [0.25, 0.3) is 0 Å². The molecule has 0 spiro atoms. The molecule has 2 aliphatic heterocycles. The molecule has 2 aliphatic rings. The molecule has 0 radical (unpaired) electrons. The van der Waals surface area contributed by atoms with Gasteiger partial charge in [-0.3, -0.25) is 9.69 Å². The third kappa shape index (κ3) is 3.04. The van der Waals surface area contributed by atoms with Crippen molar-refractivity contribution in [2.45, 2.75) is 51.6 Å². The Labute approximate surface area is 111 Å². The highest BCUT2D eigenvalue weighted by Gasteiger charge is 2.36. The molecule has 2 unspecified atom stereocenters. The Morgan fingerprint density at radius 3 is 2.78 bits per heavy atom. The van der Waals surface area contributed by atoms with E-state index in [0.717, 1.165) is 25.7 Å². The summed E-state index contributed by atoms with van der Waals surface area (Å²) in [5, 5.41) is 3.60. The van der Waals surface area contributed by atoms with Crippen molar-refractivity contribution in [2.24, 2.45) is 0 Å². The van der Waals surface area contributed by atoms with Crippen LogP contribution in [0.2, 0.25) is 0 Å². The maximum Gasteiger partial charge on any atom is 0.223 e. The highest BCUT2D eigenvalue weighted by atomic mass is 16.2. The van der Waals surface area contributed by atoms with E-state index in [9.17, 15) is 4.79 Å². The summed E-state index contributed by atoms with van der Waals surface area (Å²) in [6.45, 7) is 9.10. The Morgan fingerprint density at radius 2 is 2.06 bits per heavy atom. The maximum atomic E-state index is 11.9. The van der Waals surface area contributed by atoms with E-state index in [2.05, 4.69) is 10.2 Å². The number of fused-ring (bicyclic) bond motifs is 1. The average molecular weight is 253 g/mol. The van der Waals surface area contributed by atoms with Gasteiger partial charge in [0.15, 0.2) is 0 Å². The molecule has 4 nitrogen and oxygen atoms in total. The number of nitrogens with one attached hydrogen (secondary N) is 1. The minimum Gasteiger partial charge on any atom is -0.343 e. The quantitative estimate of drug-likeness (QED) is 0.769. The lowest BCUT2D eigenvalue weighted by molar-refractivity contribution is -0.130. The smallest absolute Gasteiger partial charge is 0.223 e. The Morgan fingerprint density at radius 1 is 1.28 bits per heavy atom. The fraction of sp³-hybridized carbons (Fsp3) is 0.929. The largest absolute Gasteiger partial charge is 0.343 e. The minimum absolute atomic E-state index is 0.286. The van der Waals surface area contributed by atoms with Gasteiger partial charge in [0.05, 0.1) is 0 Å². The van der Waals surface area contributed by atoms with Gasteiger partial charge < -0.3 is 10.2 Å². The van der Waals surface area contributed by atoms with Crippen molar-refractivity contribution in [1.29, 1.82) is 0 Å². The first kappa shape index (κ1) is 13.8. The van der Waals surface area contributed by atoms with E-state index >= 15 is 0 Å². The van der Waals surface area contributed by atoms with Gasteiger partial charge >= 0.3 is 0 Å². The molecule has 0 aromatic carbocycles. The van der Waals surface area contributed by atoms with Crippen LogP contribution in [0.5, 0.6) is 0 Å². The summed E-state index contributed by atoms with van der Waals surface area (Å²) >= 11 is 0. The van der Waals surface area contributed by atoms with Gasteiger partial charge in [-0.25, -0.2) is 0 Å². The van der Waals surface area contributed by atoms with Crippen LogP contribution in [0.4, 0.5) is 0 Å². The molecule has 4 heteroatoms. The molecular formula is C14H27N3O. The predicted molar refractivity (Wildman–Crippen MR) is 73.5 cm³/mol. The van der Waals surface area contributed by atoms with Crippen molar-refractivity contribution in [3.63, 3.8) is 0 Å². The van der Waals surface area contributed by atoms with Crippen molar-refractivity contribution in [1.82, 2.24) is 15.1 Å². The van der Waals surface area contributed by atoms with Crippen LogP contribution < -0.4 is 5.32 Å². The highest BCUT2D eigenvalue weighted by Crippen LogP contribution is 2.27. The maximum absolute atomic E-state index is 11.9. The molecule has 104 valence electrons. The Hall–Kier alpha value is -0.610. The zero-order valence-electron chi connectivity index (χ0n) is 11.8. The van der Waals surface area contributed by atoms with Crippen LogP contribution in [0, 0.1) is 0 Å². The van der Waals surface area contributed by atoms with Crippen LogP contribution in [-0.4, -0.2) is 60.5 Å². The molecule has 1 amide bonds. The molecule has 0 aromatic rings. The minimum atomic E-state index is 0.286. The van der Waals surface area contributed by atoms with Crippen LogP contribution in [-0.2, 0) is 4.79 Å². The van der Waals surface area contributed by atoms with Crippen molar-refractivity contribution in [3.8, 4) is 0 Å². The first-order valence-electron chi connectivity index (χ1n) is 7.51. The molecule has 1 N–H and O–H groups in total. The molecule has 2 rings (SSSR count). The number of carbonyl (C=O) groups excluding carboxylic acids is 1. The third-order valence-corrected chi connectivity index (χ3v) is 4.47. The summed E-state index contributed by atoms with van der Waals surface area (Å²) in [7, 11) is 0. The molecule has 18 heavy (non-hydrogen) atoms. The van der Waals surface area contributed by atoms with Crippen LogP contribution in [0.3, 0.4) is 0 Å². The van der Waals surface area contributed by atoms with E-state index < -0.39 is 0 Å². The molecule has 0 aliphatic carbocycles. The van der Waals surface area contributed by atoms with Gasteiger partial charge in [-0.15, -0.1) is 0 Å². The molecule has 2 atom stereocenters. The highest BCUT2D eigenvalue weighted by molar-refractivity contribution is 5.76. The molecular weight excluding hydrogens is 226 g/mol. The van der Waals surface area contributed by atoms with Gasteiger partial charge in [-0.05, 0) is 39.7 Å². The van der Waals surface area contributed by atoms with E-state index in [0.29, 0.717) is 12.5 Å². The second kappa shape index (κ2) is 6.53. The van der Waals surface area contributed by atoms with Crippen molar-refractivity contribution >= 4 is 5.91 Å². The summed E-state index contributed by atoms with van der Waals surface area (Å²) in [5.41, 5.74) is 0. The average Bonchev–Trinajstić information content (AvgIpc) is 2.95. The molecule has 2 saturated heterocycles. The van der Waals surface area contributed by atoms with Crippen molar-refractivity contribution in [3.05, 3.63) is 0 Å². The molecule has 0 bridgehead atoms. The summed E-state index contributed by atoms with van der Waals surface area (Å²) in [4.78, 5) is 16.4. The van der Waals surface area contributed by atoms with Crippen LogP contribution >= 0.6 is 0 Å². The van der Waals surface area contributed by atoms with Gasteiger partial charge in [0.2, 0.25) is 5.91 Å². The van der Waals surface area contributed by atoms with E-state index in [-0.39, 0.29) is 5.91 Å². The van der Waals surface area contributed by atoms with Crippen molar-refractivity contribution < 1.29 is 4.79 Å². The molecule has 2 fully saturated rings. The lowest BCUT2D eigenvalue weighted by Crippen LogP contribution is -2.41. The van der Waals surface area contributed by atoms with Gasteiger partial charge in [-0.2, -0.15) is 0 Å². The number of carbonyl (C=O) groups is 1. The fourth-order valence-electron chi connectivity index (χ4n) is 3.42. The zero-order chi connectivity index (χ0) is 13.0. The number of rotatable bonds is 6. The second-order valence-electron chi connectivity index (χ2n) is 5.41. The van der Waals surface area contributed by atoms with Gasteiger partial charge in [-0.1, -0.05) is 0 Å². The summed E-state index contributed by atoms with van der Waals surface area (Å²) < 4.78 is 0. The molecule has 0 saturated carbocycles. The Balaban J connectivity index is 1.68. The van der Waals surface area contributed by atoms with Crippen molar-refractivity contribution in [2.75, 3.05) is 32.7 Å². The number of amides is 1. The summed E-state index contributed by atoms with van der Waals surface area (Å²) in [6, 6.07) is 1.37. The lowest BCUT2D eigenvalue weighted by Gasteiger charge is -2.22. The van der Waals surface area contributed by atoms with Gasteiger partial charge in [0.25, 0.3) is 0 Å². The second-order valence-corrected chi connectivity index (χ2v) is 5.41. The van der Waals surface area contributed by atoms with Gasteiger partial charge in [0, 0.05) is 44.7 Å². The predicted octanol–water partition coefficient (Wildman–Crippen LogP) is 1.07. The van der Waals surface area contributed by atoms with Crippen LogP contribution in [0.1, 0.15) is 39.5 Å². The lowest BCUT2D eigenvalue weighted by atomic mass is 10.1. The van der Waals surface area contributed by atoms with E-state index in [1.807, 2.05) is 18.7 Å². The zero-order valence-corrected chi connectivity index (χ0v) is 11.8. The number of hydrogen-bond acceptors (Lipinski definition) is 3. The SMILES string of the molecule is CCN(CC)C(=O)CCNC1CCN2CCCC12. The monoisotopic (exact) mass is 253 g/mol. The van der Waals surface area contributed by atoms with E-state index in [1.165, 1.54) is 32.4 Å². The fourth-order valence-corrected chi connectivity index (χ4v) is 3.42. The Kier molecular flexibility index (Phi) is 5.01. The first-order valence-corrected chi connectivity index (χ1v) is 7.51. The number of nitrogens with zero attached hydrogens (tertiary/aromatic N) is 2. The van der Waals surface area contributed by atoms with E-state index in [1.54, 1.807) is 0 Å². The summed E-state index contributed by atoms with van der Waals surface area (Å²) in [6.07, 6.45) is 4.58. The topological polar surface area (TPSA) is 35.6 Å². The third-order valence-electron chi connectivity index (χ3n) is 4.47. The normalized spacial score (nSPS) is 27.4. The van der Waals surface area contributed by atoms with Crippen LogP contribution in [0.15, 0.2) is 0 Å². The van der Waals surface area contributed by atoms with Gasteiger partial charge in [0.1, 0.15) is 0 Å². The Bertz CT molecular complexity index is 278. The first-order chi connectivity index (χ1) is 8.76. The standard InChI is InChI=1S/C14H27N3O/c1-3-16(4-2)14(18)7-9-15-12-8-11-17-10-5-6-13(12)17/h12-13,15H,3-11H2,1-2H3. The van der Waals surface area contributed by atoms with E-state index in [4.69, 9.17) is 0 Å². The molecule has 2 heterocycles. The molecule has 0 aromatic heterocycles. The number of hydrogen-bond donors (Lipinski definition) is 1. The summed E-state index contributed by atoms with van der Waals surface area (Å²) in [5.74, 6) is 0.286.